The third-order valence-electron chi connectivity index (χ3n) is 3.80. The van der Waals surface area contributed by atoms with Crippen LogP contribution < -0.4 is 0 Å². The van der Waals surface area contributed by atoms with Crippen molar-refractivity contribution in [3.05, 3.63) is 59.7 Å². The molecule has 1 aliphatic carbocycles. The van der Waals surface area contributed by atoms with E-state index in [4.69, 9.17) is 0 Å². The fraction of sp³-hybridized carbons (Fsp3) is 0.235. The molecule has 2 aromatic carbocycles. The molecule has 90 valence electrons. The maximum absolute atomic E-state index is 12.0. The molecule has 1 aliphatic rings. The molecule has 0 fully saturated rings. The van der Waals surface area contributed by atoms with Gasteiger partial charge in [0.25, 0.3) is 0 Å². The van der Waals surface area contributed by atoms with Gasteiger partial charge in [0, 0.05) is 12.0 Å². The highest BCUT2D eigenvalue weighted by atomic mass is 16.1. The molecule has 1 heteroatoms. The normalized spacial score (nSPS) is 18.5. The van der Waals surface area contributed by atoms with E-state index in [1.54, 1.807) is 0 Å². The van der Waals surface area contributed by atoms with E-state index in [0.717, 1.165) is 17.5 Å². The number of carbonyl (C=O) groups excluding carboxylic acids is 1. The highest BCUT2D eigenvalue weighted by molar-refractivity contribution is 5.99. The fourth-order valence-corrected chi connectivity index (χ4v) is 2.68. The van der Waals surface area contributed by atoms with Gasteiger partial charge in [0.05, 0.1) is 0 Å². The quantitative estimate of drug-likeness (QED) is 0.715. The van der Waals surface area contributed by atoms with Gasteiger partial charge in [0.1, 0.15) is 0 Å². The van der Waals surface area contributed by atoms with Crippen molar-refractivity contribution in [1.29, 1.82) is 0 Å². The molecule has 3 rings (SSSR count). The van der Waals surface area contributed by atoms with Crippen molar-refractivity contribution in [3.8, 4) is 11.1 Å². The summed E-state index contributed by atoms with van der Waals surface area (Å²) in [5, 5.41) is 0. The van der Waals surface area contributed by atoms with Crippen LogP contribution in [-0.4, -0.2) is 5.78 Å². The summed E-state index contributed by atoms with van der Waals surface area (Å²) in [6.45, 7) is 2.20. The molecule has 0 saturated heterocycles. The number of Topliss-reactive ketones (excluding diaryl/α,β-unsaturated/α-hetero) is 1. The monoisotopic (exact) mass is 236 g/mol. The Hall–Kier alpha value is -1.89. The Morgan fingerprint density at radius 1 is 1.00 bits per heavy atom. The highest BCUT2D eigenvalue weighted by Crippen LogP contribution is 2.33. The van der Waals surface area contributed by atoms with Gasteiger partial charge >= 0.3 is 0 Å². The largest absolute Gasteiger partial charge is 0.294 e. The second-order valence-electron chi connectivity index (χ2n) is 5.03. The van der Waals surface area contributed by atoms with Gasteiger partial charge in [-0.1, -0.05) is 49.4 Å². The highest BCUT2D eigenvalue weighted by Gasteiger charge is 2.22. The molecule has 0 amide bonds. The van der Waals surface area contributed by atoms with Crippen molar-refractivity contribution in [2.75, 3.05) is 0 Å². The van der Waals surface area contributed by atoms with Gasteiger partial charge in [-0.15, -0.1) is 0 Å². The number of carbonyl (C=O) groups is 1. The Balaban J connectivity index is 2.11. The first kappa shape index (κ1) is 11.2. The summed E-state index contributed by atoms with van der Waals surface area (Å²) >= 11 is 0. The Labute approximate surface area is 107 Å². The molecule has 0 aromatic heterocycles. The van der Waals surface area contributed by atoms with Crippen LogP contribution in [0.5, 0.6) is 0 Å². The zero-order valence-electron chi connectivity index (χ0n) is 10.5. The van der Waals surface area contributed by atoms with Crippen LogP contribution in [0.3, 0.4) is 0 Å². The zero-order valence-corrected chi connectivity index (χ0v) is 10.5. The summed E-state index contributed by atoms with van der Waals surface area (Å²) in [6, 6.07) is 16.5. The summed E-state index contributed by atoms with van der Waals surface area (Å²) in [6.07, 6.45) is 1.67. The van der Waals surface area contributed by atoms with E-state index < -0.39 is 0 Å². The molecule has 0 radical (unpaired) electrons. The van der Waals surface area contributed by atoms with E-state index in [2.05, 4.69) is 37.3 Å². The summed E-state index contributed by atoms with van der Waals surface area (Å²) in [5.74, 6) is 0.795. The minimum atomic E-state index is 0.292. The minimum Gasteiger partial charge on any atom is -0.294 e. The van der Waals surface area contributed by atoms with Crippen LogP contribution in [0.25, 0.3) is 11.1 Å². The molecule has 0 N–H and O–H groups in total. The average Bonchev–Trinajstić information content (AvgIpc) is 2.44. The van der Waals surface area contributed by atoms with Crippen LogP contribution in [0.1, 0.15) is 41.6 Å². The number of rotatable bonds is 1. The first-order valence-corrected chi connectivity index (χ1v) is 6.48. The molecule has 0 bridgehead atoms. The fourth-order valence-electron chi connectivity index (χ4n) is 2.68. The van der Waals surface area contributed by atoms with E-state index in [0.29, 0.717) is 18.1 Å². The zero-order chi connectivity index (χ0) is 12.5. The van der Waals surface area contributed by atoms with Crippen LogP contribution in [0.4, 0.5) is 0 Å². The lowest BCUT2D eigenvalue weighted by atomic mass is 9.82. The topological polar surface area (TPSA) is 17.1 Å². The van der Waals surface area contributed by atoms with Crippen molar-refractivity contribution in [2.45, 2.75) is 25.7 Å². The van der Waals surface area contributed by atoms with Gasteiger partial charge in [-0.2, -0.15) is 0 Å². The van der Waals surface area contributed by atoms with Gasteiger partial charge in [-0.05, 0) is 35.1 Å². The average molecular weight is 236 g/mol. The lowest BCUT2D eigenvalue weighted by Crippen LogP contribution is -2.13. The third-order valence-corrected chi connectivity index (χ3v) is 3.80. The van der Waals surface area contributed by atoms with E-state index in [1.165, 1.54) is 11.1 Å². The molecule has 0 heterocycles. The standard InChI is InChI=1S/C17H16O/c1-12-7-10-17(18)16-11-14(8-9-15(12)16)13-5-3-2-4-6-13/h2-6,8-9,11-12H,7,10H2,1H3. The lowest BCUT2D eigenvalue weighted by Gasteiger charge is -2.21. The predicted molar refractivity (Wildman–Crippen MR) is 73.9 cm³/mol. The smallest absolute Gasteiger partial charge is 0.163 e. The van der Waals surface area contributed by atoms with Gasteiger partial charge in [0.2, 0.25) is 0 Å². The van der Waals surface area contributed by atoms with Crippen LogP contribution in [0.2, 0.25) is 0 Å². The van der Waals surface area contributed by atoms with Crippen molar-refractivity contribution < 1.29 is 4.79 Å². The number of fused-ring (bicyclic) bond motifs is 1. The maximum atomic E-state index is 12.0. The molecule has 0 aliphatic heterocycles. The maximum Gasteiger partial charge on any atom is 0.163 e. The van der Waals surface area contributed by atoms with Crippen molar-refractivity contribution in [1.82, 2.24) is 0 Å². The second-order valence-corrected chi connectivity index (χ2v) is 5.03. The third kappa shape index (κ3) is 1.86. The van der Waals surface area contributed by atoms with Crippen molar-refractivity contribution >= 4 is 5.78 Å². The van der Waals surface area contributed by atoms with Gasteiger partial charge in [0.15, 0.2) is 5.78 Å². The van der Waals surface area contributed by atoms with Gasteiger partial charge in [-0.25, -0.2) is 0 Å². The summed E-state index contributed by atoms with van der Waals surface area (Å²) in [7, 11) is 0. The van der Waals surface area contributed by atoms with Gasteiger partial charge in [-0.3, -0.25) is 4.79 Å². The molecule has 2 aromatic rings. The summed E-state index contributed by atoms with van der Waals surface area (Å²) < 4.78 is 0. The molecular formula is C17H16O. The Bertz CT molecular complexity index is 584. The number of ketones is 1. The van der Waals surface area contributed by atoms with Crippen LogP contribution >= 0.6 is 0 Å². The number of hydrogen-bond acceptors (Lipinski definition) is 1. The van der Waals surface area contributed by atoms with E-state index in [1.807, 2.05) is 18.2 Å². The van der Waals surface area contributed by atoms with Gasteiger partial charge < -0.3 is 0 Å². The number of benzene rings is 2. The van der Waals surface area contributed by atoms with E-state index in [9.17, 15) is 4.79 Å². The SMILES string of the molecule is CC1CCC(=O)c2cc(-c3ccccc3)ccc21. The van der Waals surface area contributed by atoms with Crippen molar-refractivity contribution in [2.24, 2.45) is 0 Å². The molecule has 0 spiro atoms. The molecule has 1 atom stereocenters. The second kappa shape index (κ2) is 4.41. The molecule has 18 heavy (non-hydrogen) atoms. The minimum absolute atomic E-state index is 0.292. The van der Waals surface area contributed by atoms with E-state index >= 15 is 0 Å². The first-order valence-electron chi connectivity index (χ1n) is 6.48. The predicted octanol–water partition coefficient (Wildman–Crippen LogP) is 4.43. The summed E-state index contributed by atoms with van der Waals surface area (Å²) in [5.41, 5.74) is 4.45. The lowest BCUT2D eigenvalue weighted by molar-refractivity contribution is 0.0968. The molecule has 0 saturated carbocycles. The van der Waals surface area contributed by atoms with Crippen LogP contribution in [0.15, 0.2) is 48.5 Å². The Kier molecular flexibility index (Phi) is 2.75. The number of hydrogen-bond donors (Lipinski definition) is 0. The Morgan fingerprint density at radius 2 is 1.78 bits per heavy atom. The Morgan fingerprint density at radius 3 is 2.56 bits per heavy atom. The summed E-state index contributed by atoms with van der Waals surface area (Å²) in [4.78, 5) is 12.0. The van der Waals surface area contributed by atoms with E-state index in [-0.39, 0.29) is 0 Å². The van der Waals surface area contributed by atoms with Crippen LogP contribution in [-0.2, 0) is 0 Å². The van der Waals surface area contributed by atoms with Crippen molar-refractivity contribution in [3.63, 3.8) is 0 Å². The molecular weight excluding hydrogens is 220 g/mol. The molecule has 1 nitrogen and oxygen atoms in total. The molecule has 1 unspecified atom stereocenters. The van der Waals surface area contributed by atoms with Crippen LogP contribution in [0, 0.1) is 0 Å². The first-order chi connectivity index (χ1) is 8.75.